The third-order valence-corrected chi connectivity index (χ3v) is 5.30. The van der Waals surface area contributed by atoms with Crippen molar-refractivity contribution in [3.05, 3.63) is 41.5 Å². The SMILES string of the molecule is CCNC(=NCCC1=CCOCC1)NC(C)c1cccc(N2CCCC2)c1. The Hall–Kier alpha value is -2.01. The summed E-state index contributed by atoms with van der Waals surface area (Å²) in [5, 5.41) is 6.94. The van der Waals surface area contributed by atoms with Crippen molar-refractivity contribution in [2.45, 2.75) is 45.6 Å². The highest BCUT2D eigenvalue weighted by molar-refractivity contribution is 5.80. The highest BCUT2D eigenvalue weighted by Crippen LogP contribution is 2.24. The molecule has 2 heterocycles. The minimum absolute atomic E-state index is 0.215. The van der Waals surface area contributed by atoms with Gasteiger partial charge in [-0.2, -0.15) is 0 Å². The Morgan fingerprint density at radius 2 is 2.15 bits per heavy atom. The maximum atomic E-state index is 5.37. The lowest BCUT2D eigenvalue weighted by atomic mass is 10.1. The van der Waals surface area contributed by atoms with Gasteiger partial charge < -0.3 is 20.3 Å². The van der Waals surface area contributed by atoms with Crippen LogP contribution in [-0.4, -0.2) is 45.4 Å². The number of nitrogens with one attached hydrogen (secondary N) is 2. The summed E-state index contributed by atoms with van der Waals surface area (Å²) < 4.78 is 5.37. The van der Waals surface area contributed by atoms with Crippen molar-refractivity contribution in [3.63, 3.8) is 0 Å². The quantitative estimate of drug-likeness (QED) is 0.437. The Kier molecular flexibility index (Phi) is 7.57. The van der Waals surface area contributed by atoms with Crippen LogP contribution >= 0.6 is 0 Å². The molecule has 2 aliphatic rings. The van der Waals surface area contributed by atoms with Gasteiger partial charge in [-0.15, -0.1) is 0 Å². The molecule has 0 aliphatic carbocycles. The van der Waals surface area contributed by atoms with E-state index in [0.29, 0.717) is 0 Å². The molecule has 0 bridgehead atoms. The van der Waals surface area contributed by atoms with Gasteiger partial charge in [-0.1, -0.05) is 23.8 Å². The fraction of sp³-hybridized carbons (Fsp3) is 0.591. The maximum absolute atomic E-state index is 5.37. The van der Waals surface area contributed by atoms with Crippen molar-refractivity contribution in [3.8, 4) is 0 Å². The average molecular weight is 371 g/mol. The molecule has 27 heavy (non-hydrogen) atoms. The Balaban J connectivity index is 1.58. The Morgan fingerprint density at radius 3 is 2.89 bits per heavy atom. The smallest absolute Gasteiger partial charge is 0.191 e. The Morgan fingerprint density at radius 1 is 1.30 bits per heavy atom. The van der Waals surface area contributed by atoms with E-state index in [-0.39, 0.29) is 6.04 Å². The van der Waals surface area contributed by atoms with Crippen LogP contribution in [0.25, 0.3) is 0 Å². The largest absolute Gasteiger partial charge is 0.377 e. The zero-order valence-electron chi connectivity index (χ0n) is 16.8. The van der Waals surface area contributed by atoms with E-state index in [1.807, 2.05) is 0 Å². The number of nitrogens with zero attached hydrogens (tertiary/aromatic N) is 2. The van der Waals surface area contributed by atoms with Crippen molar-refractivity contribution in [1.82, 2.24) is 10.6 Å². The van der Waals surface area contributed by atoms with Gasteiger partial charge in [0.25, 0.3) is 0 Å². The first-order valence-electron chi connectivity index (χ1n) is 10.4. The summed E-state index contributed by atoms with van der Waals surface area (Å²) in [5.74, 6) is 0.893. The standard InChI is InChI=1S/C22H34N4O/c1-3-23-22(24-12-9-19-10-15-27-16-11-19)25-18(2)20-7-6-8-21(17-20)26-13-4-5-14-26/h6-8,10,17-18H,3-5,9,11-16H2,1-2H3,(H2,23,24,25). The number of rotatable bonds is 7. The molecule has 5 heteroatoms. The molecular weight excluding hydrogens is 336 g/mol. The molecule has 1 aromatic rings. The number of hydrogen-bond donors (Lipinski definition) is 2. The first-order valence-corrected chi connectivity index (χ1v) is 10.4. The molecule has 2 N–H and O–H groups in total. The molecule has 5 nitrogen and oxygen atoms in total. The minimum Gasteiger partial charge on any atom is -0.377 e. The number of hydrogen-bond acceptors (Lipinski definition) is 3. The molecule has 0 spiro atoms. The topological polar surface area (TPSA) is 48.9 Å². The van der Waals surface area contributed by atoms with E-state index in [9.17, 15) is 0 Å². The fourth-order valence-electron chi connectivity index (χ4n) is 3.68. The van der Waals surface area contributed by atoms with Gasteiger partial charge in [0.15, 0.2) is 5.96 Å². The highest BCUT2D eigenvalue weighted by Gasteiger charge is 2.14. The lowest BCUT2D eigenvalue weighted by Crippen LogP contribution is -2.38. The van der Waals surface area contributed by atoms with Crippen LogP contribution in [0.1, 0.15) is 51.1 Å². The van der Waals surface area contributed by atoms with Crippen LogP contribution in [0.15, 0.2) is 40.9 Å². The van der Waals surface area contributed by atoms with E-state index in [4.69, 9.17) is 9.73 Å². The second kappa shape index (κ2) is 10.4. The summed E-state index contributed by atoms with van der Waals surface area (Å²) in [6.45, 7) is 9.94. The van der Waals surface area contributed by atoms with Crippen LogP contribution in [0.4, 0.5) is 5.69 Å². The third-order valence-electron chi connectivity index (χ3n) is 5.30. The van der Waals surface area contributed by atoms with Crippen LogP contribution in [0.2, 0.25) is 0 Å². The molecule has 2 aliphatic heterocycles. The van der Waals surface area contributed by atoms with Crippen LogP contribution in [0.5, 0.6) is 0 Å². The number of guanidine groups is 1. The van der Waals surface area contributed by atoms with Gasteiger partial charge in [0.1, 0.15) is 0 Å². The Labute approximate surface area is 163 Å². The molecular formula is C22H34N4O. The van der Waals surface area contributed by atoms with Gasteiger partial charge in [-0.25, -0.2) is 0 Å². The van der Waals surface area contributed by atoms with E-state index < -0.39 is 0 Å². The number of anilines is 1. The average Bonchev–Trinajstić information content (AvgIpc) is 3.24. The molecule has 0 aromatic heterocycles. The summed E-state index contributed by atoms with van der Waals surface area (Å²) in [4.78, 5) is 7.26. The predicted octanol–water partition coefficient (Wildman–Crippen LogP) is 3.64. The second-order valence-corrected chi connectivity index (χ2v) is 7.35. The molecule has 0 amide bonds. The van der Waals surface area contributed by atoms with E-state index in [0.717, 1.165) is 45.1 Å². The van der Waals surface area contributed by atoms with Crippen molar-refractivity contribution in [2.24, 2.45) is 4.99 Å². The van der Waals surface area contributed by atoms with Gasteiger partial charge in [0.2, 0.25) is 0 Å². The number of ether oxygens (including phenoxy) is 1. The van der Waals surface area contributed by atoms with Crippen LogP contribution < -0.4 is 15.5 Å². The molecule has 0 radical (unpaired) electrons. The summed E-state index contributed by atoms with van der Waals surface area (Å²) in [5.41, 5.74) is 4.11. The predicted molar refractivity (Wildman–Crippen MR) is 114 cm³/mol. The number of aliphatic imine (C=N–C) groups is 1. The van der Waals surface area contributed by atoms with Gasteiger partial charge in [0.05, 0.1) is 19.3 Å². The van der Waals surface area contributed by atoms with Crippen LogP contribution in [-0.2, 0) is 4.74 Å². The second-order valence-electron chi connectivity index (χ2n) is 7.35. The first kappa shape index (κ1) is 19.7. The van der Waals surface area contributed by atoms with Crippen LogP contribution in [0.3, 0.4) is 0 Å². The van der Waals surface area contributed by atoms with Crippen molar-refractivity contribution in [1.29, 1.82) is 0 Å². The van der Waals surface area contributed by atoms with E-state index in [1.165, 1.54) is 42.8 Å². The van der Waals surface area contributed by atoms with Gasteiger partial charge in [-0.3, -0.25) is 4.99 Å². The van der Waals surface area contributed by atoms with E-state index >= 15 is 0 Å². The van der Waals surface area contributed by atoms with Gasteiger partial charge in [-0.05, 0) is 57.2 Å². The van der Waals surface area contributed by atoms with E-state index in [2.05, 4.69) is 59.7 Å². The van der Waals surface area contributed by atoms with Crippen molar-refractivity contribution in [2.75, 3.05) is 44.3 Å². The zero-order valence-corrected chi connectivity index (χ0v) is 16.8. The summed E-state index contributed by atoms with van der Waals surface area (Å²) in [6.07, 6.45) is 6.86. The van der Waals surface area contributed by atoms with Crippen molar-refractivity contribution >= 4 is 11.6 Å². The fourth-order valence-corrected chi connectivity index (χ4v) is 3.68. The molecule has 1 atom stereocenters. The van der Waals surface area contributed by atoms with E-state index in [1.54, 1.807) is 0 Å². The molecule has 0 saturated carbocycles. The molecule has 1 unspecified atom stereocenters. The molecule has 1 aromatic carbocycles. The monoisotopic (exact) mass is 370 g/mol. The first-order chi connectivity index (χ1) is 13.3. The van der Waals surface area contributed by atoms with Gasteiger partial charge >= 0.3 is 0 Å². The maximum Gasteiger partial charge on any atom is 0.191 e. The van der Waals surface area contributed by atoms with Gasteiger partial charge in [0, 0.05) is 31.9 Å². The zero-order chi connectivity index (χ0) is 18.9. The summed E-state index contributed by atoms with van der Waals surface area (Å²) in [6, 6.07) is 9.13. The normalized spacial score (nSPS) is 19.0. The molecule has 1 saturated heterocycles. The molecule has 1 fully saturated rings. The highest BCUT2D eigenvalue weighted by atomic mass is 16.5. The number of benzene rings is 1. The minimum atomic E-state index is 0.215. The van der Waals surface area contributed by atoms with Crippen molar-refractivity contribution < 1.29 is 4.74 Å². The molecule has 148 valence electrons. The Bertz CT molecular complexity index is 649. The molecule has 3 rings (SSSR count). The lowest BCUT2D eigenvalue weighted by molar-refractivity contribution is 0.153. The third kappa shape index (κ3) is 5.99. The summed E-state index contributed by atoms with van der Waals surface area (Å²) in [7, 11) is 0. The lowest BCUT2D eigenvalue weighted by Gasteiger charge is -2.22. The van der Waals surface area contributed by atoms with Crippen LogP contribution in [0, 0.1) is 0 Å². The summed E-state index contributed by atoms with van der Waals surface area (Å²) >= 11 is 0.